The number of nitrogens with zero attached hydrogens (tertiary/aromatic N) is 2. The van der Waals surface area contributed by atoms with E-state index in [0.29, 0.717) is 30.9 Å². The van der Waals surface area contributed by atoms with Gasteiger partial charge in [-0.25, -0.2) is 9.78 Å². The van der Waals surface area contributed by atoms with Crippen molar-refractivity contribution in [2.45, 2.75) is 18.5 Å². The SMILES string of the molecule is O=C(O)c1ccc(N2CCC(c3ccccc3C(F)(F)F)C2)nc1. The van der Waals surface area contributed by atoms with E-state index in [4.69, 9.17) is 5.11 Å². The normalized spacial score (nSPS) is 18.0. The van der Waals surface area contributed by atoms with Crippen LogP contribution in [0.5, 0.6) is 0 Å². The topological polar surface area (TPSA) is 53.4 Å². The summed E-state index contributed by atoms with van der Waals surface area (Å²) in [7, 11) is 0. The fourth-order valence-corrected chi connectivity index (χ4v) is 3.03. The number of benzene rings is 1. The van der Waals surface area contributed by atoms with E-state index in [1.54, 1.807) is 12.1 Å². The van der Waals surface area contributed by atoms with Crippen LogP contribution in [0.3, 0.4) is 0 Å². The maximum absolute atomic E-state index is 13.2. The van der Waals surface area contributed by atoms with Gasteiger partial charge >= 0.3 is 12.1 Å². The Kier molecular flexibility index (Phi) is 4.17. The van der Waals surface area contributed by atoms with Gasteiger partial charge in [-0.1, -0.05) is 18.2 Å². The van der Waals surface area contributed by atoms with Crippen molar-refractivity contribution < 1.29 is 23.1 Å². The fourth-order valence-electron chi connectivity index (χ4n) is 3.03. The maximum Gasteiger partial charge on any atom is 0.416 e. The molecule has 1 aliphatic heterocycles. The quantitative estimate of drug-likeness (QED) is 0.926. The van der Waals surface area contributed by atoms with Gasteiger partial charge in [0.2, 0.25) is 0 Å². The molecular formula is C17H15F3N2O2. The van der Waals surface area contributed by atoms with Gasteiger partial charge in [0.25, 0.3) is 0 Å². The van der Waals surface area contributed by atoms with E-state index in [1.807, 2.05) is 4.90 Å². The molecule has 1 aromatic carbocycles. The van der Waals surface area contributed by atoms with Gasteiger partial charge in [-0.3, -0.25) is 0 Å². The Bertz CT molecular complexity index is 744. The third-order valence-corrected chi connectivity index (χ3v) is 4.21. The lowest BCUT2D eigenvalue weighted by atomic mass is 9.93. The average molecular weight is 336 g/mol. The molecule has 1 unspecified atom stereocenters. The molecule has 1 N–H and O–H groups in total. The highest BCUT2D eigenvalue weighted by Gasteiger charge is 2.36. The highest BCUT2D eigenvalue weighted by Crippen LogP contribution is 2.38. The van der Waals surface area contributed by atoms with Crippen LogP contribution in [-0.4, -0.2) is 29.1 Å². The summed E-state index contributed by atoms with van der Waals surface area (Å²) < 4.78 is 39.5. The smallest absolute Gasteiger partial charge is 0.416 e. The zero-order chi connectivity index (χ0) is 17.3. The molecule has 1 aliphatic rings. The van der Waals surface area contributed by atoms with Gasteiger partial charge in [0.15, 0.2) is 0 Å². The Hall–Kier alpha value is -2.57. The third kappa shape index (κ3) is 3.20. The summed E-state index contributed by atoms with van der Waals surface area (Å²) in [5, 5.41) is 8.88. The van der Waals surface area contributed by atoms with Crippen molar-refractivity contribution in [3.8, 4) is 0 Å². The number of rotatable bonds is 3. The average Bonchev–Trinajstić information content (AvgIpc) is 3.04. The molecule has 0 radical (unpaired) electrons. The summed E-state index contributed by atoms with van der Waals surface area (Å²) in [6.45, 7) is 1.00. The number of carboxylic acid groups (broad SMARTS) is 1. The maximum atomic E-state index is 13.2. The molecule has 2 heterocycles. The van der Waals surface area contributed by atoms with E-state index in [0.717, 1.165) is 6.07 Å². The number of alkyl halides is 3. The number of halogens is 3. The lowest BCUT2D eigenvalue weighted by Crippen LogP contribution is -2.21. The minimum Gasteiger partial charge on any atom is -0.478 e. The first kappa shape index (κ1) is 16.3. The number of aromatic carboxylic acids is 1. The second-order valence-electron chi connectivity index (χ2n) is 5.73. The standard InChI is InChI=1S/C17H15F3N2O2/c18-17(19,20)14-4-2-1-3-13(14)12-7-8-22(10-12)15-6-5-11(9-21-15)16(23)24/h1-6,9,12H,7-8,10H2,(H,23,24). The summed E-state index contributed by atoms with van der Waals surface area (Å²) in [5.74, 6) is -0.719. The Morgan fingerprint density at radius 2 is 1.96 bits per heavy atom. The van der Waals surface area contributed by atoms with Crippen molar-refractivity contribution >= 4 is 11.8 Å². The van der Waals surface area contributed by atoms with Crippen LogP contribution in [0.15, 0.2) is 42.6 Å². The van der Waals surface area contributed by atoms with Crippen LogP contribution in [0, 0.1) is 0 Å². The second kappa shape index (κ2) is 6.14. The van der Waals surface area contributed by atoms with Crippen molar-refractivity contribution in [2.24, 2.45) is 0 Å². The summed E-state index contributed by atoms with van der Waals surface area (Å²) >= 11 is 0. The predicted octanol–water partition coefficient (Wildman–Crippen LogP) is 3.79. The minimum absolute atomic E-state index is 0.0805. The molecular weight excluding hydrogens is 321 g/mol. The van der Waals surface area contributed by atoms with Crippen LogP contribution < -0.4 is 4.90 Å². The molecule has 7 heteroatoms. The molecule has 1 fully saturated rings. The van der Waals surface area contributed by atoms with Gasteiger partial charge in [-0.05, 0) is 30.2 Å². The summed E-state index contributed by atoms with van der Waals surface area (Å²) in [6.07, 6.45) is -2.52. The van der Waals surface area contributed by atoms with Crippen molar-refractivity contribution in [1.29, 1.82) is 0 Å². The molecule has 126 valence electrons. The van der Waals surface area contributed by atoms with Crippen LogP contribution in [0.1, 0.15) is 33.8 Å². The van der Waals surface area contributed by atoms with Crippen molar-refractivity contribution in [3.05, 3.63) is 59.3 Å². The van der Waals surface area contributed by atoms with E-state index >= 15 is 0 Å². The van der Waals surface area contributed by atoms with Crippen LogP contribution >= 0.6 is 0 Å². The van der Waals surface area contributed by atoms with Crippen molar-refractivity contribution in [3.63, 3.8) is 0 Å². The van der Waals surface area contributed by atoms with Crippen molar-refractivity contribution in [2.75, 3.05) is 18.0 Å². The van der Waals surface area contributed by atoms with E-state index < -0.39 is 17.7 Å². The Balaban J connectivity index is 1.80. The van der Waals surface area contributed by atoms with Gasteiger partial charge < -0.3 is 10.0 Å². The zero-order valence-corrected chi connectivity index (χ0v) is 12.6. The highest BCUT2D eigenvalue weighted by atomic mass is 19.4. The molecule has 1 aromatic heterocycles. The Morgan fingerprint density at radius 1 is 1.21 bits per heavy atom. The van der Waals surface area contributed by atoms with Crippen LogP contribution in [0.25, 0.3) is 0 Å². The van der Waals surface area contributed by atoms with Crippen molar-refractivity contribution in [1.82, 2.24) is 4.98 Å². The largest absolute Gasteiger partial charge is 0.478 e. The first-order chi connectivity index (χ1) is 11.4. The molecule has 0 saturated carbocycles. The molecule has 2 aromatic rings. The number of hydrogen-bond donors (Lipinski definition) is 1. The lowest BCUT2D eigenvalue weighted by Gasteiger charge is -2.20. The number of pyridine rings is 1. The summed E-state index contributed by atoms with van der Waals surface area (Å²) in [5.41, 5.74) is -0.211. The molecule has 0 spiro atoms. The van der Waals surface area contributed by atoms with E-state index in [9.17, 15) is 18.0 Å². The molecule has 3 rings (SSSR count). The van der Waals surface area contributed by atoms with Gasteiger partial charge in [0.05, 0.1) is 11.1 Å². The van der Waals surface area contributed by atoms with E-state index in [-0.39, 0.29) is 11.5 Å². The summed E-state index contributed by atoms with van der Waals surface area (Å²) in [4.78, 5) is 16.8. The molecule has 4 nitrogen and oxygen atoms in total. The third-order valence-electron chi connectivity index (χ3n) is 4.21. The number of hydrogen-bond acceptors (Lipinski definition) is 3. The molecule has 1 saturated heterocycles. The second-order valence-corrected chi connectivity index (χ2v) is 5.73. The first-order valence-corrected chi connectivity index (χ1v) is 7.46. The van der Waals surface area contributed by atoms with Crippen LogP contribution in [-0.2, 0) is 6.18 Å². The molecule has 0 amide bonds. The van der Waals surface area contributed by atoms with Gasteiger partial charge in [0.1, 0.15) is 5.82 Å². The van der Waals surface area contributed by atoms with E-state index in [1.165, 1.54) is 24.4 Å². The minimum atomic E-state index is -4.37. The van der Waals surface area contributed by atoms with Crippen LogP contribution in [0.2, 0.25) is 0 Å². The fraction of sp³-hybridized carbons (Fsp3) is 0.294. The van der Waals surface area contributed by atoms with Gasteiger partial charge in [0, 0.05) is 25.2 Å². The number of carbonyl (C=O) groups is 1. The zero-order valence-electron chi connectivity index (χ0n) is 12.6. The van der Waals surface area contributed by atoms with Gasteiger partial charge in [-0.2, -0.15) is 13.2 Å². The predicted molar refractivity (Wildman–Crippen MR) is 82.2 cm³/mol. The monoisotopic (exact) mass is 336 g/mol. The lowest BCUT2D eigenvalue weighted by molar-refractivity contribution is -0.138. The molecule has 0 bridgehead atoms. The highest BCUT2D eigenvalue weighted by molar-refractivity contribution is 5.87. The Morgan fingerprint density at radius 3 is 2.58 bits per heavy atom. The molecule has 0 aliphatic carbocycles. The summed E-state index contributed by atoms with van der Waals surface area (Å²) in [6, 6.07) is 8.68. The van der Waals surface area contributed by atoms with Gasteiger partial charge in [-0.15, -0.1) is 0 Å². The number of aromatic nitrogens is 1. The van der Waals surface area contributed by atoms with Crippen LogP contribution in [0.4, 0.5) is 19.0 Å². The van der Waals surface area contributed by atoms with E-state index in [2.05, 4.69) is 4.98 Å². The number of anilines is 1. The molecule has 1 atom stereocenters. The first-order valence-electron chi connectivity index (χ1n) is 7.46. The Labute approximate surface area is 136 Å². The number of carboxylic acids is 1. The molecule has 24 heavy (non-hydrogen) atoms.